The molecule has 8 heteroatoms. The summed E-state index contributed by atoms with van der Waals surface area (Å²) in [7, 11) is 1.40. The summed E-state index contributed by atoms with van der Waals surface area (Å²) in [4.78, 5) is 40.3. The van der Waals surface area contributed by atoms with Crippen LogP contribution >= 0.6 is 0 Å². The summed E-state index contributed by atoms with van der Waals surface area (Å²) in [5, 5.41) is 0. The lowest BCUT2D eigenvalue weighted by Gasteiger charge is -2.28. The largest absolute Gasteiger partial charge is 0.461 e. The minimum Gasteiger partial charge on any atom is -0.461 e. The van der Waals surface area contributed by atoms with Crippen LogP contribution in [-0.2, 0) is 27.4 Å². The number of esters is 1. The van der Waals surface area contributed by atoms with Crippen molar-refractivity contribution in [1.29, 1.82) is 0 Å². The van der Waals surface area contributed by atoms with E-state index in [1.807, 2.05) is 6.92 Å². The van der Waals surface area contributed by atoms with Gasteiger partial charge in [0.25, 0.3) is 0 Å². The molecule has 1 aromatic carbocycles. The van der Waals surface area contributed by atoms with Crippen molar-refractivity contribution in [3.63, 3.8) is 0 Å². The van der Waals surface area contributed by atoms with Gasteiger partial charge in [-0.2, -0.15) is 0 Å². The van der Waals surface area contributed by atoms with E-state index in [0.29, 0.717) is 34.6 Å². The summed E-state index contributed by atoms with van der Waals surface area (Å²) in [5.41, 5.74) is 2.60. The van der Waals surface area contributed by atoms with Crippen LogP contribution in [-0.4, -0.2) is 53.5 Å². The van der Waals surface area contributed by atoms with Gasteiger partial charge in [-0.3, -0.25) is 9.59 Å². The maximum Gasteiger partial charge on any atom is 0.355 e. The molecular formula is C24H31FN2O5. The van der Waals surface area contributed by atoms with Gasteiger partial charge >= 0.3 is 5.97 Å². The summed E-state index contributed by atoms with van der Waals surface area (Å²) >= 11 is 0. The van der Waals surface area contributed by atoms with E-state index in [-0.39, 0.29) is 37.3 Å². The average molecular weight is 447 g/mol. The maximum atomic E-state index is 13.6. The molecule has 1 aromatic heterocycles. The summed E-state index contributed by atoms with van der Waals surface area (Å²) in [6.07, 6.45) is 0. The zero-order valence-corrected chi connectivity index (χ0v) is 19.5. The van der Waals surface area contributed by atoms with E-state index in [0.717, 1.165) is 0 Å². The average Bonchev–Trinajstić information content (AvgIpc) is 3.01. The van der Waals surface area contributed by atoms with Gasteiger partial charge < -0.3 is 18.9 Å². The zero-order chi connectivity index (χ0) is 24.0. The Morgan fingerprint density at radius 3 is 2.28 bits per heavy atom. The second kappa shape index (κ2) is 11.0. The molecule has 1 unspecified atom stereocenters. The van der Waals surface area contributed by atoms with Crippen LogP contribution in [0.2, 0.25) is 0 Å². The quantitative estimate of drug-likeness (QED) is 0.411. The van der Waals surface area contributed by atoms with Crippen LogP contribution in [0.25, 0.3) is 0 Å². The lowest BCUT2D eigenvalue weighted by molar-refractivity contribution is -0.137. The Morgan fingerprint density at radius 1 is 1.12 bits per heavy atom. The predicted octanol–water partition coefficient (Wildman–Crippen LogP) is 3.69. The van der Waals surface area contributed by atoms with Crippen LogP contribution in [0.1, 0.15) is 58.4 Å². The van der Waals surface area contributed by atoms with Crippen molar-refractivity contribution in [2.24, 2.45) is 0 Å². The molecule has 0 aliphatic rings. The molecule has 174 valence electrons. The summed E-state index contributed by atoms with van der Waals surface area (Å²) < 4.78 is 25.2. The summed E-state index contributed by atoms with van der Waals surface area (Å²) in [6, 6.07) is 4.93. The smallest absolute Gasteiger partial charge is 0.355 e. The minimum absolute atomic E-state index is 0.118. The third kappa shape index (κ3) is 5.24. The normalized spacial score (nSPS) is 11.8. The fraction of sp³-hybridized carbons (Fsp3) is 0.458. The number of amides is 1. The molecular weight excluding hydrogens is 415 g/mol. The van der Waals surface area contributed by atoms with Crippen molar-refractivity contribution in [1.82, 2.24) is 9.47 Å². The number of ketones is 1. The Balaban J connectivity index is 2.46. The SMILES string of the molecule is CCOC(=O)c1c(C)c(C(=O)C(C)N(Cc2ccc(F)cc2)C(=O)COC)c(C)n1CC. The first-order valence-corrected chi connectivity index (χ1v) is 10.6. The van der Waals surface area contributed by atoms with E-state index in [1.54, 1.807) is 44.4 Å². The number of Topliss-reactive ketones (excluding diaryl/α,β-unsaturated/α-hetero) is 1. The number of hydrogen-bond acceptors (Lipinski definition) is 5. The van der Waals surface area contributed by atoms with Crippen molar-refractivity contribution in [3.8, 4) is 0 Å². The topological polar surface area (TPSA) is 77.8 Å². The Kier molecular flexibility index (Phi) is 8.72. The summed E-state index contributed by atoms with van der Waals surface area (Å²) in [5.74, 6) is -1.52. The van der Waals surface area contributed by atoms with Crippen LogP contribution in [0, 0.1) is 19.7 Å². The second-order valence-electron chi connectivity index (χ2n) is 7.52. The molecule has 0 N–H and O–H groups in total. The molecule has 0 saturated heterocycles. The first-order chi connectivity index (χ1) is 15.2. The molecule has 32 heavy (non-hydrogen) atoms. The molecule has 0 saturated carbocycles. The second-order valence-corrected chi connectivity index (χ2v) is 7.52. The number of ether oxygens (including phenoxy) is 2. The Morgan fingerprint density at radius 2 is 1.75 bits per heavy atom. The molecule has 0 bridgehead atoms. The number of aromatic nitrogens is 1. The number of hydrogen-bond donors (Lipinski definition) is 0. The van der Waals surface area contributed by atoms with Gasteiger partial charge in [0.2, 0.25) is 5.91 Å². The minimum atomic E-state index is -0.831. The van der Waals surface area contributed by atoms with Crippen molar-refractivity contribution in [2.45, 2.75) is 53.8 Å². The highest BCUT2D eigenvalue weighted by Crippen LogP contribution is 2.26. The van der Waals surface area contributed by atoms with Crippen LogP contribution in [0.5, 0.6) is 0 Å². The fourth-order valence-electron chi connectivity index (χ4n) is 3.90. The molecule has 7 nitrogen and oxygen atoms in total. The number of nitrogens with zero attached hydrogens (tertiary/aromatic N) is 2. The number of carbonyl (C=O) groups excluding carboxylic acids is 3. The van der Waals surface area contributed by atoms with E-state index in [9.17, 15) is 18.8 Å². The van der Waals surface area contributed by atoms with E-state index in [1.165, 1.54) is 24.1 Å². The predicted molar refractivity (Wildman–Crippen MR) is 118 cm³/mol. The zero-order valence-electron chi connectivity index (χ0n) is 19.5. The van der Waals surface area contributed by atoms with Crippen molar-refractivity contribution >= 4 is 17.7 Å². The molecule has 0 aliphatic heterocycles. The molecule has 0 fully saturated rings. The van der Waals surface area contributed by atoms with Gasteiger partial charge in [-0.25, -0.2) is 9.18 Å². The molecule has 2 rings (SSSR count). The standard InChI is InChI=1S/C24H31FN2O5/c1-7-26-16(4)21(15(3)22(26)24(30)32-8-2)23(29)17(5)27(20(28)14-31-6)13-18-9-11-19(25)12-10-18/h9-12,17H,7-8,13-14H2,1-6H3. The molecule has 1 atom stereocenters. The monoisotopic (exact) mass is 446 g/mol. The highest BCUT2D eigenvalue weighted by atomic mass is 19.1. The molecule has 0 spiro atoms. The lowest BCUT2D eigenvalue weighted by Crippen LogP contribution is -2.44. The highest BCUT2D eigenvalue weighted by molar-refractivity contribution is 6.06. The Bertz CT molecular complexity index is 981. The van der Waals surface area contributed by atoms with E-state index in [2.05, 4.69) is 0 Å². The van der Waals surface area contributed by atoms with Gasteiger partial charge in [0, 0.05) is 31.5 Å². The van der Waals surface area contributed by atoms with Crippen LogP contribution in [0.15, 0.2) is 24.3 Å². The lowest BCUT2D eigenvalue weighted by atomic mass is 9.99. The van der Waals surface area contributed by atoms with Gasteiger partial charge in [-0.1, -0.05) is 12.1 Å². The Hall–Kier alpha value is -3.00. The van der Waals surface area contributed by atoms with E-state index >= 15 is 0 Å². The van der Waals surface area contributed by atoms with Crippen molar-refractivity contribution < 1.29 is 28.2 Å². The highest BCUT2D eigenvalue weighted by Gasteiger charge is 2.33. The molecule has 0 radical (unpaired) electrons. The van der Waals surface area contributed by atoms with Crippen LogP contribution < -0.4 is 0 Å². The molecule has 1 heterocycles. The number of benzene rings is 1. The van der Waals surface area contributed by atoms with Gasteiger partial charge in [-0.05, 0) is 57.9 Å². The molecule has 1 amide bonds. The molecule has 0 aliphatic carbocycles. The number of carbonyl (C=O) groups is 3. The third-order valence-corrected chi connectivity index (χ3v) is 5.50. The fourth-order valence-corrected chi connectivity index (χ4v) is 3.90. The van der Waals surface area contributed by atoms with Gasteiger partial charge in [0.05, 0.1) is 12.6 Å². The van der Waals surface area contributed by atoms with E-state index in [4.69, 9.17) is 9.47 Å². The Labute approximate surface area is 188 Å². The first kappa shape index (κ1) is 25.3. The van der Waals surface area contributed by atoms with Gasteiger partial charge in [0.15, 0.2) is 5.78 Å². The molecule has 2 aromatic rings. The number of halogens is 1. The van der Waals surface area contributed by atoms with Gasteiger partial charge in [-0.15, -0.1) is 0 Å². The number of methoxy groups -OCH3 is 1. The van der Waals surface area contributed by atoms with Crippen LogP contribution in [0.4, 0.5) is 4.39 Å². The van der Waals surface area contributed by atoms with E-state index < -0.39 is 12.0 Å². The number of rotatable bonds is 10. The van der Waals surface area contributed by atoms with Crippen molar-refractivity contribution in [3.05, 3.63) is 58.2 Å². The maximum absolute atomic E-state index is 13.6. The third-order valence-electron chi connectivity index (χ3n) is 5.50. The summed E-state index contributed by atoms with van der Waals surface area (Å²) in [6.45, 7) is 9.39. The first-order valence-electron chi connectivity index (χ1n) is 10.6. The van der Waals surface area contributed by atoms with Crippen molar-refractivity contribution in [2.75, 3.05) is 20.3 Å². The van der Waals surface area contributed by atoms with Crippen LogP contribution in [0.3, 0.4) is 0 Å². The van der Waals surface area contributed by atoms with Gasteiger partial charge in [0.1, 0.15) is 18.1 Å².